The standard InChI is InChI=1S/C12H14BrFN2O/c1-7(12(15)17)16-5-4-8-9(6-16)11(14)3-2-10(8)13/h2-3,7H,4-6H2,1H3,(H2,15,17)/t7-/m1/s1. The van der Waals surface area contributed by atoms with Crippen molar-refractivity contribution in [3.8, 4) is 0 Å². The van der Waals surface area contributed by atoms with Crippen molar-refractivity contribution in [2.45, 2.75) is 25.9 Å². The average Bonchev–Trinajstić information content (AvgIpc) is 2.32. The first-order chi connectivity index (χ1) is 8.00. The van der Waals surface area contributed by atoms with Crippen LogP contribution in [0.3, 0.4) is 0 Å². The maximum atomic E-state index is 13.7. The van der Waals surface area contributed by atoms with E-state index in [2.05, 4.69) is 15.9 Å². The van der Waals surface area contributed by atoms with Crippen molar-refractivity contribution in [3.05, 3.63) is 33.5 Å². The van der Waals surface area contributed by atoms with Gasteiger partial charge in [0.2, 0.25) is 5.91 Å². The van der Waals surface area contributed by atoms with Crippen molar-refractivity contribution < 1.29 is 9.18 Å². The van der Waals surface area contributed by atoms with E-state index < -0.39 is 0 Å². The Labute approximate surface area is 108 Å². The fraction of sp³-hybridized carbons (Fsp3) is 0.417. The lowest BCUT2D eigenvalue weighted by Gasteiger charge is -2.32. The Kier molecular flexibility index (Phi) is 3.49. The van der Waals surface area contributed by atoms with E-state index in [4.69, 9.17) is 5.73 Å². The van der Waals surface area contributed by atoms with Crippen molar-refractivity contribution in [1.82, 2.24) is 4.90 Å². The highest BCUT2D eigenvalue weighted by atomic mass is 79.9. The zero-order valence-corrected chi connectivity index (χ0v) is 11.1. The predicted molar refractivity (Wildman–Crippen MR) is 66.9 cm³/mol. The smallest absolute Gasteiger partial charge is 0.234 e. The first-order valence-corrected chi connectivity index (χ1v) is 6.29. The number of benzene rings is 1. The highest BCUT2D eigenvalue weighted by molar-refractivity contribution is 9.10. The molecule has 17 heavy (non-hydrogen) atoms. The number of carbonyl (C=O) groups is 1. The molecule has 0 fully saturated rings. The van der Waals surface area contributed by atoms with Gasteiger partial charge in [0.15, 0.2) is 0 Å². The second-order valence-corrected chi connectivity index (χ2v) is 5.14. The molecule has 1 atom stereocenters. The summed E-state index contributed by atoms with van der Waals surface area (Å²) in [6.07, 6.45) is 0.727. The van der Waals surface area contributed by atoms with Gasteiger partial charge in [0.05, 0.1) is 6.04 Å². The summed E-state index contributed by atoms with van der Waals surface area (Å²) in [7, 11) is 0. The number of carbonyl (C=O) groups excluding carboxylic acids is 1. The molecule has 3 nitrogen and oxygen atoms in total. The Hall–Kier alpha value is -0.940. The minimum atomic E-state index is -0.371. The van der Waals surface area contributed by atoms with Gasteiger partial charge in [0, 0.05) is 23.1 Å². The Morgan fingerprint density at radius 1 is 1.53 bits per heavy atom. The number of fused-ring (bicyclic) bond motifs is 1. The quantitative estimate of drug-likeness (QED) is 0.905. The molecular formula is C12H14BrFN2O. The monoisotopic (exact) mass is 300 g/mol. The molecular weight excluding hydrogens is 287 g/mol. The first kappa shape index (κ1) is 12.5. The fourth-order valence-corrected chi connectivity index (χ4v) is 2.69. The third-order valence-corrected chi connectivity index (χ3v) is 4.03. The van der Waals surface area contributed by atoms with Gasteiger partial charge in [-0.2, -0.15) is 0 Å². The van der Waals surface area contributed by atoms with E-state index in [0.29, 0.717) is 12.1 Å². The van der Waals surface area contributed by atoms with Crippen molar-refractivity contribution in [1.29, 1.82) is 0 Å². The van der Waals surface area contributed by atoms with Gasteiger partial charge in [-0.3, -0.25) is 9.69 Å². The van der Waals surface area contributed by atoms with Crippen LogP contribution in [0.25, 0.3) is 0 Å². The van der Waals surface area contributed by atoms with Gasteiger partial charge in [-0.1, -0.05) is 15.9 Å². The molecule has 0 aliphatic carbocycles. The number of nitrogens with zero attached hydrogens (tertiary/aromatic N) is 1. The zero-order valence-electron chi connectivity index (χ0n) is 9.54. The van der Waals surface area contributed by atoms with Gasteiger partial charge >= 0.3 is 0 Å². The van der Waals surface area contributed by atoms with E-state index in [0.717, 1.165) is 23.0 Å². The lowest BCUT2D eigenvalue weighted by Crippen LogP contribution is -2.45. The summed E-state index contributed by atoms with van der Waals surface area (Å²) in [4.78, 5) is 13.0. The molecule has 92 valence electrons. The van der Waals surface area contributed by atoms with E-state index >= 15 is 0 Å². The largest absolute Gasteiger partial charge is 0.368 e. The van der Waals surface area contributed by atoms with Crippen LogP contribution in [0.1, 0.15) is 18.1 Å². The number of halogens is 2. The van der Waals surface area contributed by atoms with Crippen LogP contribution in [-0.4, -0.2) is 23.4 Å². The molecule has 1 aliphatic heterocycles. The maximum absolute atomic E-state index is 13.7. The molecule has 2 N–H and O–H groups in total. The summed E-state index contributed by atoms with van der Waals surface area (Å²) < 4.78 is 14.7. The number of hydrogen-bond donors (Lipinski definition) is 1. The van der Waals surface area contributed by atoms with E-state index in [1.54, 1.807) is 13.0 Å². The van der Waals surface area contributed by atoms with Gasteiger partial charge in [-0.05, 0) is 31.0 Å². The van der Waals surface area contributed by atoms with E-state index in [1.807, 2.05) is 4.90 Å². The number of amides is 1. The summed E-state index contributed by atoms with van der Waals surface area (Å²) in [5, 5.41) is 0. The molecule has 1 amide bonds. The predicted octanol–water partition coefficient (Wildman–Crippen LogP) is 1.82. The van der Waals surface area contributed by atoms with Crippen LogP contribution >= 0.6 is 15.9 Å². The summed E-state index contributed by atoms with van der Waals surface area (Å²) in [5.74, 6) is -0.589. The van der Waals surface area contributed by atoms with Crippen LogP contribution in [0.4, 0.5) is 4.39 Å². The number of hydrogen-bond acceptors (Lipinski definition) is 2. The molecule has 0 saturated carbocycles. The van der Waals surface area contributed by atoms with Crippen molar-refractivity contribution >= 4 is 21.8 Å². The fourth-order valence-electron chi connectivity index (χ4n) is 2.13. The number of primary amides is 1. The van der Waals surface area contributed by atoms with Crippen LogP contribution < -0.4 is 5.73 Å². The topological polar surface area (TPSA) is 46.3 Å². The van der Waals surface area contributed by atoms with Crippen molar-refractivity contribution in [3.63, 3.8) is 0 Å². The van der Waals surface area contributed by atoms with Crippen LogP contribution in [-0.2, 0) is 17.8 Å². The van der Waals surface area contributed by atoms with Crippen molar-refractivity contribution in [2.75, 3.05) is 6.54 Å². The minimum absolute atomic E-state index is 0.218. The molecule has 0 aromatic heterocycles. The van der Waals surface area contributed by atoms with Crippen LogP contribution in [0.2, 0.25) is 0 Å². The highest BCUT2D eigenvalue weighted by Crippen LogP contribution is 2.29. The molecule has 5 heteroatoms. The second-order valence-electron chi connectivity index (χ2n) is 4.29. The molecule has 0 radical (unpaired) electrons. The maximum Gasteiger partial charge on any atom is 0.234 e. The number of nitrogens with two attached hydrogens (primary N) is 1. The van der Waals surface area contributed by atoms with E-state index in [-0.39, 0.29) is 17.8 Å². The average molecular weight is 301 g/mol. The normalized spacial score (nSPS) is 17.6. The molecule has 1 aliphatic rings. The third-order valence-electron chi connectivity index (χ3n) is 3.29. The summed E-state index contributed by atoms with van der Waals surface area (Å²) in [6, 6.07) is 2.81. The molecule has 0 bridgehead atoms. The molecule has 0 unspecified atom stereocenters. The van der Waals surface area contributed by atoms with Gasteiger partial charge < -0.3 is 5.73 Å². The van der Waals surface area contributed by atoms with E-state index in [9.17, 15) is 9.18 Å². The lowest BCUT2D eigenvalue weighted by atomic mass is 9.98. The molecule has 0 spiro atoms. The Balaban J connectivity index is 2.30. The van der Waals surface area contributed by atoms with E-state index in [1.165, 1.54) is 6.07 Å². The van der Waals surface area contributed by atoms with Crippen LogP contribution in [0.15, 0.2) is 16.6 Å². The van der Waals surface area contributed by atoms with Gasteiger partial charge in [-0.25, -0.2) is 4.39 Å². The third kappa shape index (κ3) is 2.35. The summed E-state index contributed by atoms with van der Waals surface area (Å²) in [5.41, 5.74) is 6.93. The van der Waals surface area contributed by atoms with Crippen LogP contribution in [0, 0.1) is 5.82 Å². The molecule has 1 aromatic carbocycles. The van der Waals surface area contributed by atoms with Gasteiger partial charge in [0.25, 0.3) is 0 Å². The van der Waals surface area contributed by atoms with Gasteiger partial charge in [0.1, 0.15) is 5.82 Å². The molecule has 2 rings (SSSR count). The molecule has 1 heterocycles. The molecule has 1 aromatic rings. The summed E-state index contributed by atoms with van der Waals surface area (Å²) in [6.45, 7) is 2.91. The SMILES string of the molecule is C[C@H](C(N)=O)N1CCc2c(Br)ccc(F)c2C1. The second kappa shape index (κ2) is 4.74. The first-order valence-electron chi connectivity index (χ1n) is 5.50. The van der Waals surface area contributed by atoms with Crippen LogP contribution in [0.5, 0.6) is 0 Å². The summed E-state index contributed by atoms with van der Waals surface area (Å²) >= 11 is 3.43. The molecule has 0 saturated heterocycles. The minimum Gasteiger partial charge on any atom is -0.368 e. The Bertz CT molecular complexity index is 464. The van der Waals surface area contributed by atoms with Crippen molar-refractivity contribution in [2.24, 2.45) is 5.73 Å². The Morgan fingerprint density at radius 2 is 2.24 bits per heavy atom. The lowest BCUT2D eigenvalue weighted by molar-refractivity contribution is -0.123. The van der Waals surface area contributed by atoms with Gasteiger partial charge in [-0.15, -0.1) is 0 Å². The zero-order chi connectivity index (χ0) is 12.6. The highest BCUT2D eigenvalue weighted by Gasteiger charge is 2.26. The Morgan fingerprint density at radius 3 is 2.88 bits per heavy atom. The number of rotatable bonds is 2.